The zero-order valence-electron chi connectivity index (χ0n) is 7.37. The highest BCUT2D eigenvalue weighted by atomic mass is 35.5. The Morgan fingerprint density at radius 2 is 2.14 bits per heavy atom. The second-order valence-electron chi connectivity index (χ2n) is 2.95. The number of hydrogen-bond donors (Lipinski definition) is 0. The van der Waals surface area contributed by atoms with E-state index in [4.69, 9.17) is 16.9 Å². The van der Waals surface area contributed by atoms with Crippen LogP contribution in [0.5, 0.6) is 0 Å². The molecule has 2 aromatic rings. The minimum atomic E-state index is 0.302. The van der Waals surface area contributed by atoms with Crippen LogP contribution in [0.3, 0.4) is 0 Å². The summed E-state index contributed by atoms with van der Waals surface area (Å²) in [5, 5.41) is 10.1. The first-order valence-electron chi connectivity index (χ1n) is 4.22. The van der Waals surface area contributed by atoms with E-state index in [0.717, 1.165) is 16.5 Å². The van der Waals surface area contributed by atoms with E-state index in [1.807, 2.05) is 24.3 Å². The van der Waals surface area contributed by atoms with Crippen LogP contribution in [0.2, 0.25) is 5.02 Å². The van der Waals surface area contributed by atoms with Crippen LogP contribution in [0.15, 0.2) is 30.5 Å². The third-order valence-electron chi connectivity index (χ3n) is 2.05. The normalized spacial score (nSPS) is 10.0. The van der Waals surface area contributed by atoms with Crippen LogP contribution in [0, 0.1) is 11.3 Å². The molecule has 1 aromatic carbocycles. The molecule has 2 nitrogen and oxygen atoms in total. The fourth-order valence-corrected chi connectivity index (χ4v) is 1.63. The molecule has 0 radical (unpaired) electrons. The van der Waals surface area contributed by atoms with Crippen LogP contribution >= 0.6 is 11.6 Å². The minimum absolute atomic E-state index is 0.302. The lowest BCUT2D eigenvalue weighted by molar-refractivity contribution is 1.22. The molecule has 0 aliphatic heterocycles. The largest absolute Gasteiger partial charge is 0.256 e. The van der Waals surface area contributed by atoms with Gasteiger partial charge in [-0.25, -0.2) is 0 Å². The molecule has 0 aliphatic rings. The molecule has 68 valence electrons. The first kappa shape index (κ1) is 8.98. The Kier molecular flexibility index (Phi) is 2.34. The number of hydrogen-bond acceptors (Lipinski definition) is 2. The number of fused-ring (bicyclic) bond motifs is 1. The van der Waals surface area contributed by atoms with E-state index in [1.54, 1.807) is 6.20 Å². The van der Waals surface area contributed by atoms with Crippen molar-refractivity contribution in [3.8, 4) is 6.07 Å². The van der Waals surface area contributed by atoms with Gasteiger partial charge in [0, 0.05) is 17.1 Å². The summed E-state index contributed by atoms with van der Waals surface area (Å²) >= 11 is 6.13. The SMILES string of the molecule is N#CCc1cnc2ccccc2c1Cl. The van der Waals surface area contributed by atoms with Gasteiger partial charge < -0.3 is 0 Å². The van der Waals surface area contributed by atoms with E-state index in [9.17, 15) is 0 Å². The molecular weight excluding hydrogens is 196 g/mol. The summed E-state index contributed by atoms with van der Waals surface area (Å²) < 4.78 is 0. The average molecular weight is 203 g/mol. The van der Waals surface area contributed by atoms with E-state index >= 15 is 0 Å². The van der Waals surface area contributed by atoms with Crippen molar-refractivity contribution in [2.24, 2.45) is 0 Å². The molecule has 2 rings (SSSR count). The minimum Gasteiger partial charge on any atom is -0.256 e. The highest BCUT2D eigenvalue weighted by Crippen LogP contribution is 2.25. The zero-order valence-corrected chi connectivity index (χ0v) is 8.12. The quantitative estimate of drug-likeness (QED) is 0.713. The number of nitrogens with zero attached hydrogens (tertiary/aromatic N) is 2. The highest BCUT2D eigenvalue weighted by Gasteiger charge is 2.04. The number of pyridine rings is 1. The zero-order chi connectivity index (χ0) is 9.97. The average Bonchev–Trinajstić information content (AvgIpc) is 2.23. The van der Waals surface area contributed by atoms with Crippen molar-refractivity contribution in [2.75, 3.05) is 0 Å². The third-order valence-corrected chi connectivity index (χ3v) is 2.50. The van der Waals surface area contributed by atoms with E-state index in [2.05, 4.69) is 11.1 Å². The third kappa shape index (κ3) is 1.43. The first-order valence-corrected chi connectivity index (χ1v) is 4.60. The van der Waals surface area contributed by atoms with Gasteiger partial charge in [-0.1, -0.05) is 29.8 Å². The maximum atomic E-state index is 8.58. The van der Waals surface area contributed by atoms with Crippen molar-refractivity contribution in [3.63, 3.8) is 0 Å². The smallest absolute Gasteiger partial charge is 0.0717 e. The number of nitriles is 1. The summed E-state index contributed by atoms with van der Waals surface area (Å²) in [6, 6.07) is 9.69. The number of benzene rings is 1. The highest BCUT2D eigenvalue weighted by molar-refractivity contribution is 6.36. The fourth-order valence-electron chi connectivity index (χ4n) is 1.36. The van der Waals surface area contributed by atoms with Gasteiger partial charge in [-0.2, -0.15) is 5.26 Å². The van der Waals surface area contributed by atoms with Crippen molar-refractivity contribution in [1.29, 1.82) is 5.26 Å². The summed E-state index contributed by atoms with van der Waals surface area (Å²) in [6.07, 6.45) is 1.96. The molecule has 0 spiro atoms. The van der Waals surface area contributed by atoms with Gasteiger partial charge >= 0.3 is 0 Å². The Morgan fingerprint density at radius 3 is 2.93 bits per heavy atom. The number of halogens is 1. The summed E-state index contributed by atoms with van der Waals surface area (Å²) in [4.78, 5) is 4.23. The molecule has 1 aromatic heterocycles. The van der Waals surface area contributed by atoms with Gasteiger partial charge in [-0.05, 0) is 6.07 Å². The van der Waals surface area contributed by atoms with Gasteiger partial charge in [0.25, 0.3) is 0 Å². The molecule has 1 heterocycles. The van der Waals surface area contributed by atoms with E-state index in [1.165, 1.54) is 0 Å². The Hall–Kier alpha value is -1.59. The van der Waals surface area contributed by atoms with Crippen LogP contribution in [0.1, 0.15) is 5.56 Å². The van der Waals surface area contributed by atoms with Crippen LogP contribution in [-0.4, -0.2) is 4.98 Å². The molecule has 0 unspecified atom stereocenters. The Morgan fingerprint density at radius 1 is 1.36 bits per heavy atom. The summed E-state index contributed by atoms with van der Waals surface area (Å²) in [7, 11) is 0. The lowest BCUT2D eigenvalue weighted by Crippen LogP contribution is -1.88. The molecule has 0 saturated heterocycles. The van der Waals surface area contributed by atoms with E-state index < -0.39 is 0 Å². The van der Waals surface area contributed by atoms with Crippen molar-refractivity contribution in [1.82, 2.24) is 4.98 Å². The maximum absolute atomic E-state index is 8.58. The van der Waals surface area contributed by atoms with Gasteiger partial charge in [0.15, 0.2) is 0 Å². The summed E-state index contributed by atoms with van der Waals surface area (Å²) in [5.41, 5.74) is 1.65. The van der Waals surface area contributed by atoms with Crippen molar-refractivity contribution in [2.45, 2.75) is 6.42 Å². The van der Waals surface area contributed by atoms with Crippen LogP contribution < -0.4 is 0 Å². The molecule has 0 bridgehead atoms. The number of aromatic nitrogens is 1. The van der Waals surface area contributed by atoms with Crippen molar-refractivity contribution >= 4 is 22.5 Å². The summed E-state index contributed by atoms with van der Waals surface area (Å²) in [5.74, 6) is 0. The Bertz CT molecular complexity index is 514. The van der Waals surface area contributed by atoms with E-state index in [0.29, 0.717) is 11.4 Å². The standard InChI is InChI=1S/C11H7ClN2/c12-11-8(5-6-13)7-14-10-4-2-1-3-9(10)11/h1-4,7H,5H2. The summed E-state index contributed by atoms with van der Waals surface area (Å²) in [6.45, 7) is 0. The molecule has 0 amide bonds. The number of para-hydroxylation sites is 1. The molecule has 14 heavy (non-hydrogen) atoms. The van der Waals surface area contributed by atoms with E-state index in [-0.39, 0.29) is 0 Å². The predicted octanol–water partition coefficient (Wildman–Crippen LogP) is 2.95. The van der Waals surface area contributed by atoms with Gasteiger partial charge in [-0.3, -0.25) is 4.98 Å². The molecule has 0 saturated carbocycles. The number of rotatable bonds is 1. The second kappa shape index (κ2) is 3.65. The molecule has 3 heteroatoms. The maximum Gasteiger partial charge on any atom is 0.0717 e. The topological polar surface area (TPSA) is 36.7 Å². The molecule has 0 aliphatic carbocycles. The Balaban J connectivity index is 2.70. The lowest BCUT2D eigenvalue weighted by Gasteiger charge is -2.02. The van der Waals surface area contributed by atoms with Crippen LogP contribution in [0.25, 0.3) is 10.9 Å². The Labute approximate surface area is 86.8 Å². The molecule has 0 atom stereocenters. The van der Waals surface area contributed by atoms with Gasteiger partial charge in [0.1, 0.15) is 0 Å². The van der Waals surface area contributed by atoms with Gasteiger partial charge in [0.05, 0.1) is 23.0 Å². The monoisotopic (exact) mass is 202 g/mol. The van der Waals surface area contributed by atoms with Crippen molar-refractivity contribution < 1.29 is 0 Å². The molecule has 0 fully saturated rings. The fraction of sp³-hybridized carbons (Fsp3) is 0.0909. The first-order chi connectivity index (χ1) is 6.83. The molecule has 0 N–H and O–H groups in total. The second-order valence-corrected chi connectivity index (χ2v) is 3.33. The van der Waals surface area contributed by atoms with Gasteiger partial charge in [-0.15, -0.1) is 0 Å². The molecular formula is C11H7ClN2. The predicted molar refractivity (Wildman–Crippen MR) is 56.1 cm³/mol. The lowest BCUT2D eigenvalue weighted by atomic mass is 10.1. The van der Waals surface area contributed by atoms with Gasteiger partial charge in [0.2, 0.25) is 0 Å². The van der Waals surface area contributed by atoms with Crippen molar-refractivity contribution in [3.05, 3.63) is 41.0 Å². The van der Waals surface area contributed by atoms with Crippen LogP contribution in [0.4, 0.5) is 0 Å². The van der Waals surface area contributed by atoms with Crippen LogP contribution in [-0.2, 0) is 6.42 Å².